The summed E-state index contributed by atoms with van der Waals surface area (Å²) in [5, 5.41) is 14.3. The number of carbonyl (C=O) groups is 1. The van der Waals surface area contributed by atoms with Crippen molar-refractivity contribution in [2.45, 2.75) is 30.2 Å². The zero-order valence-electron chi connectivity index (χ0n) is 16.0. The van der Waals surface area contributed by atoms with E-state index in [0.29, 0.717) is 25.6 Å². The summed E-state index contributed by atoms with van der Waals surface area (Å²) in [7, 11) is -3.25. The zero-order valence-corrected chi connectivity index (χ0v) is 16.8. The maximum absolute atomic E-state index is 11.7. The Hall–Kier alpha value is -2.94. The highest BCUT2D eigenvalue weighted by Gasteiger charge is 2.23. The Kier molecular flexibility index (Phi) is 4.99. The van der Waals surface area contributed by atoms with Gasteiger partial charge in [0.1, 0.15) is 0 Å². The number of benzene rings is 1. The minimum atomic E-state index is -3.25. The van der Waals surface area contributed by atoms with E-state index in [-0.39, 0.29) is 4.90 Å². The molecule has 4 rings (SSSR count). The Labute approximate surface area is 168 Å². The summed E-state index contributed by atoms with van der Waals surface area (Å²) in [6, 6.07) is 8.93. The SMILES string of the molecule is CS(=O)(=O)c1ccc2nn(Cc3ccc(C4CCN(C(=O)O)CC4)cn3)cc2c1. The van der Waals surface area contributed by atoms with Crippen LogP contribution in [-0.4, -0.2) is 58.6 Å². The molecule has 9 heteroatoms. The van der Waals surface area contributed by atoms with Crippen molar-refractivity contribution in [2.75, 3.05) is 19.3 Å². The quantitative estimate of drug-likeness (QED) is 0.704. The Bertz CT molecular complexity index is 1150. The van der Waals surface area contributed by atoms with Gasteiger partial charge in [-0.2, -0.15) is 5.10 Å². The lowest BCUT2D eigenvalue weighted by Gasteiger charge is -2.30. The summed E-state index contributed by atoms with van der Waals surface area (Å²) in [5.41, 5.74) is 2.72. The number of piperidine rings is 1. The molecule has 29 heavy (non-hydrogen) atoms. The molecule has 1 aliphatic rings. The molecule has 1 saturated heterocycles. The molecule has 0 unspecified atom stereocenters. The number of fused-ring (bicyclic) bond motifs is 1. The Morgan fingerprint density at radius 3 is 2.59 bits per heavy atom. The van der Waals surface area contributed by atoms with Gasteiger partial charge in [-0.25, -0.2) is 13.2 Å². The van der Waals surface area contributed by atoms with Gasteiger partial charge in [-0.1, -0.05) is 6.07 Å². The van der Waals surface area contributed by atoms with Gasteiger partial charge in [0.25, 0.3) is 0 Å². The van der Waals surface area contributed by atoms with Gasteiger partial charge in [-0.15, -0.1) is 0 Å². The number of hydrogen-bond acceptors (Lipinski definition) is 5. The summed E-state index contributed by atoms with van der Waals surface area (Å²) in [4.78, 5) is 17.3. The van der Waals surface area contributed by atoms with E-state index < -0.39 is 15.9 Å². The van der Waals surface area contributed by atoms with E-state index in [2.05, 4.69) is 16.1 Å². The second kappa shape index (κ2) is 7.47. The average Bonchev–Trinajstić information content (AvgIpc) is 3.09. The highest BCUT2D eigenvalue weighted by molar-refractivity contribution is 7.90. The van der Waals surface area contributed by atoms with E-state index in [1.54, 1.807) is 22.9 Å². The second-order valence-corrected chi connectivity index (χ2v) is 9.46. The molecule has 0 aliphatic carbocycles. The average molecular weight is 414 g/mol. The van der Waals surface area contributed by atoms with Crippen molar-refractivity contribution in [3.05, 3.63) is 54.0 Å². The smallest absolute Gasteiger partial charge is 0.407 e. The van der Waals surface area contributed by atoms with Crippen molar-refractivity contribution in [2.24, 2.45) is 0 Å². The number of carboxylic acid groups (broad SMARTS) is 1. The summed E-state index contributed by atoms with van der Waals surface area (Å²) in [6.07, 6.45) is 5.63. The molecule has 3 aromatic rings. The number of hydrogen-bond donors (Lipinski definition) is 1. The first-order valence-corrected chi connectivity index (χ1v) is 11.3. The van der Waals surface area contributed by atoms with Crippen LogP contribution in [0.5, 0.6) is 0 Å². The van der Waals surface area contributed by atoms with Crippen LogP contribution in [0.3, 0.4) is 0 Å². The van der Waals surface area contributed by atoms with E-state index in [1.807, 2.05) is 18.5 Å². The van der Waals surface area contributed by atoms with Crippen LogP contribution in [-0.2, 0) is 16.4 Å². The topological polar surface area (TPSA) is 105 Å². The third-order valence-corrected chi connectivity index (χ3v) is 6.47. The number of nitrogens with zero attached hydrogens (tertiary/aromatic N) is 4. The van der Waals surface area contributed by atoms with Gasteiger partial charge in [0, 0.05) is 37.1 Å². The van der Waals surface area contributed by atoms with Crippen molar-refractivity contribution >= 4 is 26.8 Å². The fourth-order valence-corrected chi connectivity index (χ4v) is 4.36. The van der Waals surface area contributed by atoms with Gasteiger partial charge < -0.3 is 10.0 Å². The number of rotatable bonds is 4. The molecule has 152 valence electrons. The number of sulfone groups is 1. The third-order valence-electron chi connectivity index (χ3n) is 5.36. The summed E-state index contributed by atoms with van der Waals surface area (Å²) >= 11 is 0. The molecule has 1 fully saturated rings. The van der Waals surface area contributed by atoms with Gasteiger partial charge in [0.15, 0.2) is 9.84 Å². The van der Waals surface area contributed by atoms with Crippen molar-refractivity contribution in [1.82, 2.24) is 19.7 Å². The predicted molar refractivity (Wildman–Crippen MR) is 108 cm³/mol. The minimum absolute atomic E-state index is 0.279. The lowest BCUT2D eigenvalue weighted by molar-refractivity contribution is 0.132. The monoisotopic (exact) mass is 414 g/mol. The van der Waals surface area contributed by atoms with Gasteiger partial charge in [0.05, 0.1) is 22.7 Å². The van der Waals surface area contributed by atoms with E-state index in [0.717, 1.165) is 35.0 Å². The molecule has 1 aromatic carbocycles. The standard InChI is InChI=1S/C20H22N4O4S/c1-29(27,28)18-4-5-19-16(10-18)12-24(22-19)13-17-3-2-15(11-21-17)14-6-8-23(9-7-14)20(25)26/h2-5,10-12,14H,6-9,13H2,1H3,(H,25,26). The van der Waals surface area contributed by atoms with Gasteiger partial charge >= 0.3 is 6.09 Å². The first kappa shape index (κ1) is 19.4. The maximum Gasteiger partial charge on any atom is 0.407 e. The molecule has 3 heterocycles. The third kappa shape index (κ3) is 4.24. The zero-order chi connectivity index (χ0) is 20.6. The fraction of sp³-hybridized carbons (Fsp3) is 0.350. The molecular formula is C20H22N4O4S. The van der Waals surface area contributed by atoms with Crippen LogP contribution in [0.15, 0.2) is 47.6 Å². The van der Waals surface area contributed by atoms with Crippen molar-refractivity contribution in [3.8, 4) is 0 Å². The first-order chi connectivity index (χ1) is 13.8. The van der Waals surface area contributed by atoms with Crippen LogP contribution in [0.25, 0.3) is 10.9 Å². The lowest BCUT2D eigenvalue weighted by Crippen LogP contribution is -2.36. The van der Waals surface area contributed by atoms with E-state index in [4.69, 9.17) is 5.11 Å². The number of aromatic nitrogens is 3. The molecule has 1 amide bonds. The van der Waals surface area contributed by atoms with Crippen LogP contribution < -0.4 is 0 Å². The fourth-order valence-electron chi connectivity index (χ4n) is 3.71. The molecule has 0 radical (unpaired) electrons. The van der Waals surface area contributed by atoms with Crippen LogP contribution in [0.1, 0.15) is 30.0 Å². The summed E-state index contributed by atoms with van der Waals surface area (Å²) in [6.45, 7) is 1.59. The maximum atomic E-state index is 11.7. The van der Waals surface area contributed by atoms with Gasteiger partial charge in [-0.3, -0.25) is 9.67 Å². The normalized spacial score (nSPS) is 15.7. The molecule has 1 aliphatic heterocycles. The van der Waals surface area contributed by atoms with Crippen LogP contribution in [0, 0.1) is 0 Å². The van der Waals surface area contributed by atoms with E-state index in [1.165, 1.54) is 11.2 Å². The van der Waals surface area contributed by atoms with Crippen molar-refractivity contribution in [3.63, 3.8) is 0 Å². The molecule has 0 saturated carbocycles. The highest BCUT2D eigenvalue weighted by atomic mass is 32.2. The Balaban J connectivity index is 1.46. The number of pyridine rings is 1. The first-order valence-electron chi connectivity index (χ1n) is 9.39. The summed E-state index contributed by atoms with van der Waals surface area (Å²) in [5.74, 6) is 0.328. The summed E-state index contributed by atoms with van der Waals surface area (Å²) < 4.78 is 25.2. The van der Waals surface area contributed by atoms with Gasteiger partial charge in [0.2, 0.25) is 0 Å². The highest BCUT2D eigenvalue weighted by Crippen LogP contribution is 2.27. The van der Waals surface area contributed by atoms with Gasteiger partial charge in [-0.05, 0) is 48.6 Å². The lowest BCUT2D eigenvalue weighted by atomic mass is 9.90. The molecule has 0 atom stereocenters. The largest absolute Gasteiger partial charge is 0.465 e. The predicted octanol–water partition coefficient (Wildman–Crippen LogP) is 2.74. The molecule has 0 bridgehead atoms. The Morgan fingerprint density at radius 2 is 1.97 bits per heavy atom. The van der Waals surface area contributed by atoms with Crippen LogP contribution in [0.4, 0.5) is 4.79 Å². The molecular weight excluding hydrogens is 392 g/mol. The Morgan fingerprint density at radius 1 is 1.21 bits per heavy atom. The number of likely N-dealkylation sites (tertiary alicyclic amines) is 1. The van der Waals surface area contributed by atoms with Crippen LogP contribution >= 0.6 is 0 Å². The van der Waals surface area contributed by atoms with E-state index in [9.17, 15) is 13.2 Å². The molecule has 0 spiro atoms. The minimum Gasteiger partial charge on any atom is -0.465 e. The second-order valence-electron chi connectivity index (χ2n) is 7.45. The van der Waals surface area contributed by atoms with E-state index >= 15 is 0 Å². The molecule has 1 N–H and O–H groups in total. The van der Waals surface area contributed by atoms with Crippen LogP contribution in [0.2, 0.25) is 0 Å². The van der Waals surface area contributed by atoms with Crippen molar-refractivity contribution < 1.29 is 18.3 Å². The number of amides is 1. The molecule has 8 nitrogen and oxygen atoms in total. The molecule has 2 aromatic heterocycles. The van der Waals surface area contributed by atoms with Crippen molar-refractivity contribution in [1.29, 1.82) is 0 Å².